The van der Waals surface area contributed by atoms with Crippen molar-refractivity contribution in [2.75, 3.05) is 19.6 Å². The van der Waals surface area contributed by atoms with Crippen LogP contribution in [0.1, 0.15) is 57.8 Å². The van der Waals surface area contributed by atoms with E-state index in [4.69, 9.17) is 11.6 Å². The largest absolute Gasteiger partial charge is 0.338 e. The molecule has 2 aliphatic heterocycles. The number of nitriles is 1. The van der Waals surface area contributed by atoms with E-state index in [0.29, 0.717) is 17.9 Å². The van der Waals surface area contributed by atoms with Crippen LogP contribution in [-0.2, 0) is 19.4 Å². The van der Waals surface area contributed by atoms with Crippen molar-refractivity contribution in [3.05, 3.63) is 29.3 Å². The summed E-state index contributed by atoms with van der Waals surface area (Å²) in [5.41, 5.74) is -1.36. The van der Waals surface area contributed by atoms with Gasteiger partial charge in [-0.3, -0.25) is 14.5 Å². The summed E-state index contributed by atoms with van der Waals surface area (Å²) in [6, 6.07) is 7.70. The van der Waals surface area contributed by atoms with Crippen LogP contribution in [0.5, 0.6) is 0 Å². The number of sulfone groups is 1. The highest BCUT2D eigenvalue weighted by Gasteiger charge is 2.58. The average Bonchev–Trinajstić information content (AvgIpc) is 3.77. The number of nitrogens with zero attached hydrogens (tertiary/aromatic N) is 3. The van der Waals surface area contributed by atoms with E-state index in [-0.39, 0.29) is 36.1 Å². The Morgan fingerprint density at radius 1 is 1.09 bits per heavy atom. The highest BCUT2D eigenvalue weighted by Crippen LogP contribution is 2.46. The fraction of sp³-hybridized carbons (Fsp3) is 0.640. The lowest BCUT2D eigenvalue weighted by Crippen LogP contribution is -2.54. The van der Waals surface area contributed by atoms with Crippen LogP contribution in [0.2, 0.25) is 5.02 Å². The van der Waals surface area contributed by atoms with E-state index in [1.807, 2.05) is 0 Å². The highest BCUT2D eigenvalue weighted by molar-refractivity contribution is 7.92. The van der Waals surface area contributed by atoms with E-state index >= 15 is 0 Å². The minimum absolute atomic E-state index is 0.00210. The van der Waals surface area contributed by atoms with Crippen LogP contribution >= 0.6 is 11.6 Å². The van der Waals surface area contributed by atoms with Crippen molar-refractivity contribution in [2.24, 2.45) is 0 Å². The molecule has 2 heterocycles. The summed E-state index contributed by atoms with van der Waals surface area (Å²) in [7, 11) is -3.72. The number of hydrogen-bond acceptors (Lipinski definition) is 6. The lowest BCUT2D eigenvalue weighted by atomic mass is 10.0. The average molecular weight is 519 g/mol. The van der Waals surface area contributed by atoms with Crippen molar-refractivity contribution >= 4 is 33.3 Å². The van der Waals surface area contributed by atoms with Gasteiger partial charge in [0.25, 0.3) is 0 Å². The summed E-state index contributed by atoms with van der Waals surface area (Å²) in [5, 5.41) is 11.8. The zero-order valence-corrected chi connectivity index (χ0v) is 21.3. The molecular formula is C25H31ClN4O4S. The number of nitrogens with one attached hydrogen (secondary N) is 1. The summed E-state index contributed by atoms with van der Waals surface area (Å²) < 4.78 is 26.9. The Morgan fingerprint density at radius 3 is 2.31 bits per heavy atom. The van der Waals surface area contributed by atoms with E-state index in [1.54, 1.807) is 17.0 Å². The molecule has 0 spiro atoms. The Labute approximate surface area is 211 Å². The molecular weight excluding hydrogens is 488 g/mol. The summed E-state index contributed by atoms with van der Waals surface area (Å²) in [5.74, 6) is -0.355. The van der Waals surface area contributed by atoms with Crippen LogP contribution < -0.4 is 5.32 Å². The van der Waals surface area contributed by atoms with E-state index in [2.05, 4.69) is 16.3 Å². The minimum Gasteiger partial charge on any atom is -0.338 e. The van der Waals surface area contributed by atoms with Crippen LogP contribution in [0.25, 0.3) is 0 Å². The fourth-order valence-electron chi connectivity index (χ4n) is 5.65. The first-order chi connectivity index (χ1) is 16.7. The van der Waals surface area contributed by atoms with Gasteiger partial charge in [-0.1, -0.05) is 18.0 Å². The van der Waals surface area contributed by atoms with E-state index < -0.39 is 32.2 Å². The molecule has 2 saturated heterocycles. The maximum Gasteiger partial charge on any atom is 0.243 e. The molecule has 1 aromatic rings. The van der Waals surface area contributed by atoms with E-state index in [0.717, 1.165) is 45.2 Å². The van der Waals surface area contributed by atoms with Gasteiger partial charge in [-0.05, 0) is 82.3 Å². The SMILES string of the molecule is N#CC1(NC(=O)C[C@H]2C[C@@H](S(=O)(=O)c3ccc(Cl)cc3)CN2C(=O)C2(N3CCCCC3)CC2)CC1. The molecule has 35 heavy (non-hydrogen) atoms. The lowest BCUT2D eigenvalue weighted by Gasteiger charge is -2.37. The monoisotopic (exact) mass is 518 g/mol. The molecule has 2 aliphatic carbocycles. The van der Waals surface area contributed by atoms with Gasteiger partial charge in [0.05, 0.1) is 16.2 Å². The van der Waals surface area contributed by atoms with Gasteiger partial charge in [0, 0.05) is 24.0 Å². The van der Waals surface area contributed by atoms with Gasteiger partial charge in [0.2, 0.25) is 11.8 Å². The van der Waals surface area contributed by atoms with Crippen LogP contribution in [0.4, 0.5) is 0 Å². The van der Waals surface area contributed by atoms with Crippen molar-refractivity contribution in [1.29, 1.82) is 5.26 Å². The standard InChI is InChI=1S/C25H31ClN4O4S/c26-18-4-6-20(7-5-18)35(33,34)21-14-19(15-22(31)28-24(17-27)8-9-24)30(16-21)23(32)25(10-11-25)29-12-2-1-3-13-29/h4-7,19,21H,1-3,8-16H2,(H,28,31)/t19-,21-/m1/s1. The summed E-state index contributed by atoms with van der Waals surface area (Å²) in [6.45, 7) is 1.82. The first kappa shape index (κ1) is 24.5. The predicted molar refractivity (Wildman–Crippen MR) is 130 cm³/mol. The molecule has 1 N–H and O–H groups in total. The molecule has 8 nitrogen and oxygen atoms in total. The van der Waals surface area contributed by atoms with Gasteiger partial charge in [0.15, 0.2) is 9.84 Å². The van der Waals surface area contributed by atoms with E-state index in [9.17, 15) is 23.3 Å². The Morgan fingerprint density at radius 2 is 1.74 bits per heavy atom. The predicted octanol–water partition coefficient (Wildman–Crippen LogP) is 2.66. The zero-order valence-electron chi connectivity index (χ0n) is 19.7. The molecule has 5 rings (SSSR count). The van der Waals surface area contributed by atoms with Gasteiger partial charge in [-0.25, -0.2) is 8.42 Å². The molecule has 0 bridgehead atoms. The molecule has 2 amide bonds. The molecule has 0 aromatic heterocycles. The quantitative estimate of drug-likeness (QED) is 0.594. The van der Waals surface area contributed by atoms with Gasteiger partial charge < -0.3 is 10.2 Å². The number of halogens is 1. The number of hydrogen-bond donors (Lipinski definition) is 1. The molecule has 188 valence electrons. The number of amides is 2. The number of likely N-dealkylation sites (tertiary alicyclic amines) is 2. The smallest absolute Gasteiger partial charge is 0.243 e. The maximum absolute atomic E-state index is 13.9. The molecule has 4 aliphatic rings. The lowest BCUT2D eigenvalue weighted by molar-refractivity contribution is -0.140. The molecule has 2 atom stereocenters. The number of piperidine rings is 1. The fourth-order valence-corrected chi connectivity index (χ4v) is 7.51. The third kappa shape index (κ3) is 4.68. The summed E-state index contributed by atoms with van der Waals surface area (Å²) in [6.07, 6.45) is 6.26. The summed E-state index contributed by atoms with van der Waals surface area (Å²) in [4.78, 5) is 30.9. The number of carbonyl (C=O) groups is 2. The number of carbonyl (C=O) groups excluding carboxylic acids is 2. The topological polar surface area (TPSA) is 111 Å². The first-order valence-corrected chi connectivity index (χ1v) is 14.4. The first-order valence-electron chi connectivity index (χ1n) is 12.5. The molecule has 1 aromatic carbocycles. The van der Waals surface area contributed by atoms with Crippen LogP contribution in [0.3, 0.4) is 0 Å². The number of rotatable bonds is 7. The second-order valence-corrected chi connectivity index (χ2v) is 13.2. The molecule has 2 saturated carbocycles. The van der Waals surface area contributed by atoms with Crippen molar-refractivity contribution in [2.45, 2.75) is 85.1 Å². The van der Waals surface area contributed by atoms with Gasteiger partial charge >= 0.3 is 0 Å². The second-order valence-electron chi connectivity index (χ2n) is 10.5. The molecule has 0 radical (unpaired) electrons. The van der Waals surface area contributed by atoms with Gasteiger partial charge in [-0.15, -0.1) is 0 Å². The Hall–Kier alpha value is -2.15. The molecule has 10 heteroatoms. The van der Waals surface area contributed by atoms with Crippen molar-refractivity contribution < 1.29 is 18.0 Å². The molecule has 4 fully saturated rings. The van der Waals surface area contributed by atoms with Gasteiger partial charge in [0.1, 0.15) is 11.1 Å². The highest BCUT2D eigenvalue weighted by atomic mass is 35.5. The van der Waals surface area contributed by atoms with Crippen LogP contribution in [0.15, 0.2) is 29.2 Å². The summed E-state index contributed by atoms with van der Waals surface area (Å²) >= 11 is 5.95. The van der Waals surface area contributed by atoms with Crippen LogP contribution in [0, 0.1) is 11.3 Å². The normalized spacial score (nSPS) is 27.1. The Balaban J connectivity index is 1.38. The number of benzene rings is 1. The zero-order chi connectivity index (χ0) is 24.8. The van der Waals surface area contributed by atoms with Crippen molar-refractivity contribution in [3.8, 4) is 6.07 Å². The van der Waals surface area contributed by atoms with Gasteiger partial charge in [-0.2, -0.15) is 5.26 Å². The molecule has 0 unspecified atom stereocenters. The third-order valence-corrected chi connectivity index (χ3v) is 10.5. The third-order valence-electron chi connectivity index (χ3n) is 8.06. The van der Waals surface area contributed by atoms with Crippen LogP contribution in [-0.4, -0.2) is 72.0 Å². The van der Waals surface area contributed by atoms with E-state index in [1.165, 1.54) is 12.1 Å². The Kier molecular flexibility index (Phi) is 6.35. The van der Waals surface area contributed by atoms with Crippen molar-refractivity contribution in [1.82, 2.24) is 15.1 Å². The second kappa shape index (κ2) is 9.06. The Bertz CT molecular complexity index is 1150. The minimum atomic E-state index is -3.72. The maximum atomic E-state index is 13.9. The van der Waals surface area contributed by atoms with Crippen molar-refractivity contribution in [3.63, 3.8) is 0 Å².